The number of ether oxygens (including phenoxy) is 3. The first kappa shape index (κ1) is 16.3. The molecule has 0 saturated carbocycles. The minimum atomic E-state index is -5.20. The van der Waals surface area contributed by atoms with E-state index in [1.807, 2.05) is 0 Å². The Hall–Kier alpha value is -2.76. The van der Waals surface area contributed by atoms with Crippen LogP contribution in [0.5, 0.6) is 5.75 Å². The topological polar surface area (TPSA) is 85.6 Å². The summed E-state index contributed by atoms with van der Waals surface area (Å²) >= 11 is 0. The van der Waals surface area contributed by atoms with Gasteiger partial charge in [-0.3, -0.25) is 0 Å². The summed E-state index contributed by atoms with van der Waals surface area (Å²) in [6.07, 6.45) is -7.24. The van der Waals surface area contributed by atoms with Crippen LogP contribution in [0.2, 0.25) is 0 Å². The monoisotopic (exact) mass is 303 g/mol. The van der Waals surface area contributed by atoms with Gasteiger partial charge < -0.3 is 14.2 Å². The van der Waals surface area contributed by atoms with Crippen molar-refractivity contribution in [3.05, 3.63) is 29.3 Å². The Bertz CT molecular complexity index is 592. The van der Waals surface area contributed by atoms with Crippen LogP contribution in [-0.2, 0) is 9.47 Å². The van der Waals surface area contributed by atoms with Gasteiger partial charge in [0.05, 0.1) is 17.7 Å². The number of nitriles is 1. The number of alkyl halides is 3. The predicted octanol–water partition coefficient (Wildman–Crippen LogP) is 2.77. The number of nitrogens with zero attached hydrogens (tertiary/aromatic N) is 1. The average Bonchev–Trinajstić information content (AvgIpc) is 2.37. The maximum absolute atomic E-state index is 11.8. The highest BCUT2D eigenvalue weighted by atomic mass is 19.4. The molecule has 9 heteroatoms. The predicted molar refractivity (Wildman–Crippen MR) is 60.3 cm³/mol. The standard InChI is InChI=1S/C12H8F3NO5/c1-2-19-10(17)7-3-4-9(8(5-7)6-16)20-11(18)21-12(13,14)15/h3-5H,2H2,1H3. The van der Waals surface area contributed by atoms with E-state index in [1.54, 1.807) is 13.0 Å². The summed E-state index contributed by atoms with van der Waals surface area (Å²) in [6.45, 7) is 1.69. The van der Waals surface area contributed by atoms with Gasteiger partial charge in [0.2, 0.25) is 0 Å². The van der Waals surface area contributed by atoms with E-state index in [9.17, 15) is 22.8 Å². The van der Waals surface area contributed by atoms with Gasteiger partial charge in [0.15, 0.2) is 5.75 Å². The Labute approximate surface area is 116 Å². The van der Waals surface area contributed by atoms with E-state index in [4.69, 9.17) is 5.26 Å². The molecule has 0 saturated heterocycles. The number of hydrogen-bond acceptors (Lipinski definition) is 6. The van der Waals surface area contributed by atoms with Gasteiger partial charge in [-0.15, -0.1) is 13.2 Å². The summed E-state index contributed by atoms with van der Waals surface area (Å²) in [6, 6.07) is 4.72. The first-order valence-electron chi connectivity index (χ1n) is 5.45. The zero-order valence-electron chi connectivity index (χ0n) is 10.6. The highest BCUT2D eigenvalue weighted by molar-refractivity contribution is 5.90. The summed E-state index contributed by atoms with van der Waals surface area (Å²) in [5, 5.41) is 8.84. The largest absolute Gasteiger partial charge is 0.577 e. The molecule has 0 spiro atoms. The van der Waals surface area contributed by atoms with E-state index in [0.717, 1.165) is 18.2 Å². The maximum atomic E-state index is 11.8. The van der Waals surface area contributed by atoms with E-state index >= 15 is 0 Å². The van der Waals surface area contributed by atoms with E-state index in [-0.39, 0.29) is 17.7 Å². The first-order valence-corrected chi connectivity index (χ1v) is 5.45. The lowest BCUT2D eigenvalue weighted by molar-refractivity contribution is -0.296. The van der Waals surface area contributed by atoms with E-state index in [2.05, 4.69) is 14.2 Å². The van der Waals surface area contributed by atoms with Crippen molar-refractivity contribution >= 4 is 12.1 Å². The maximum Gasteiger partial charge on any atom is 0.577 e. The molecule has 0 bridgehead atoms. The van der Waals surface area contributed by atoms with E-state index in [1.165, 1.54) is 0 Å². The Morgan fingerprint density at radius 3 is 2.52 bits per heavy atom. The molecule has 21 heavy (non-hydrogen) atoms. The molecule has 1 aromatic rings. The van der Waals surface area contributed by atoms with Crippen LogP contribution in [0.1, 0.15) is 22.8 Å². The van der Waals surface area contributed by atoms with Crippen LogP contribution in [-0.4, -0.2) is 25.1 Å². The molecule has 0 atom stereocenters. The van der Waals surface area contributed by atoms with Crippen LogP contribution in [0.25, 0.3) is 0 Å². The quantitative estimate of drug-likeness (QED) is 0.630. The molecular weight excluding hydrogens is 295 g/mol. The smallest absolute Gasteiger partial charge is 0.462 e. The summed E-state index contributed by atoms with van der Waals surface area (Å²) < 4.78 is 47.3. The van der Waals surface area contributed by atoms with Crippen LogP contribution in [0.15, 0.2) is 18.2 Å². The lowest BCUT2D eigenvalue weighted by Gasteiger charge is -2.09. The zero-order valence-corrected chi connectivity index (χ0v) is 10.6. The fourth-order valence-electron chi connectivity index (χ4n) is 1.25. The summed E-state index contributed by atoms with van der Waals surface area (Å²) in [5.74, 6) is -1.20. The van der Waals surface area contributed by atoms with Crippen molar-refractivity contribution in [3.8, 4) is 11.8 Å². The lowest BCUT2D eigenvalue weighted by Crippen LogP contribution is -2.22. The van der Waals surface area contributed by atoms with Crippen molar-refractivity contribution in [2.75, 3.05) is 6.61 Å². The van der Waals surface area contributed by atoms with Gasteiger partial charge in [-0.1, -0.05) is 0 Å². The summed E-state index contributed by atoms with van der Waals surface area (Å²) in [5.41, 5.74) is -0.329. The molecule has 1 aromatic carbocycles. The Morgan fingerprint density at radius 2 is 2.00 bits per heavy atom. The first-order chi connectivity index (χ1) is 9.76. The van der Waals surface area contributed by atoms with Crippen LogP contribution >= 0.6 is 0 Å². The van der Waals surface area contributed by atoms with Crippen molar-refractivity contribution in [2.24, 2.45) is 0 Å². The van der Waals surface area contributed by atoms with Gasteiger partial charge in [0.25, 0.3) is 0 Å². The van der Waals surface area contributed by atoms with Gasteiger partial charge in [-0.05, 0) is 25.1 Å². The van der Waals surface area contributed by atoms with E-state index < -0.39 is 24.2 Å². The number of carbonyl (C=O) groups excluding carboxylic acids is 2. The summed E-state index contributed by atoms with van der Waals surface area (Å²) in [4.78, 5) is 22.3. The van der Waals surface area contributed by atoms with Gasteiger partial charge in [0.1, 0.15) is 6.07 Å². The third-order valence-electron chi connectivity index (χ3n) is 2.00. The number of hydrogen-bond donors (Lipinski definition) is 0. The van der Waals surface area contributed by atoms with Crippen LogP contribution in [0, 0.1) is 11.3 Å². The molecule has 0 heterocycles. The molecule has 0 fully saturated rings. The lowest BCUT2D eigenvalue weighted by atomic mass is 10.1. The van der Waals surface area contributed by atoms with Crippen molar-refractivity contribution < 1.29 is 37.0 Å². The molecule has 112 valence electrons. The normalized spacial score (nSPS) is 10.4. The Morgan fingerprint density at radius 1 is 1.33 bits per heavy atom. The third-order valence-corrected chi connectivity index (χ3v) is 2.00. The Kier molecular flexibility index (Phi) is 5.12. The third kappa shape index (κ3) is 5.02. The minimum Gasteiger partial charge on any atom is -0.462 e. The van der Waals surface area contributed by atoms with Crippen molar-refractivity contribution in [3.63, 3.8) is 0 Å². The second-order valence-corrected chi connectivity index (χ2v) is 3.44. The van der Waals surface area contributed by atoms with Gasteiger partial charge in [-0.2, -0.15) is 5.26 Å². The highest BCUT2D eigenvalue weighted by Crippen LogP contribution is 2.23. The fraction of sp³-hybridized carbons (Fsp3) is 0.250. The molecular formula is C12H8F3NO5. The van der Waals surface area contributed by atoms with Crippen molar-refractivity contribution in [2.45, 2.75) is 13.3 Å². The van der Waals surface area contributed by atoms with Crippen LogP contribution in [0.4, 0.5) is 18.0 Å². The molecule has 0 unspecified atom stereocenters. The SMILES string of the molecule is CCOC(=O)c1ccc(OC(=O)OC(F)(F)F)c(C#N)c1. The second kappa shape index (κ2) is 6.60. The van der Waals surface area contributed by atoms with Crippen LogP contribution in [0.3, 0.4) is 0 Å². The molecule has 0 N–H and O–H groups in total. The van der Waals surface area contributed by atoms with E-state index in [0.29, 0.717) is 0 Å². The molecule has 0 radical (unpaired) electrons. The molecule has 6 nitrogen and oxygen atoms in total. The number of benzene rings is 1. The average molecular weight is 303 g/mol. The minimum absolute atomic E-state index is 0.00932. The van der Waals surface area contributed by atoms with Gasteiger partial charge in [0, 0.05) is 0 Å². The van der Waals surface area contributed by atoms with Gasteiger partial charge in [-0.25, -0.2) is 9.59 Å². The van der Waals surface area contributed by atoms with Crippen molar-refractivity contribution in [1.82, 2.24) is 0 Å². The molecule has 0 aliphatic rings. The zero-order chi connectivity index (χ0) is 16.0. The Balaban J connectivity index is 2.92. The van der Waals surface area contributed by atoms with Gasteiger partial charge >= 0.3 is 18.5 Å². The molecule has 0 aliphatic carbocycles. The molecule has 0 aliphatic heterocycles. The molecule has 0 amide bonds. The second-order valence-electron chi connectivity index (χ2n) is 3.44. The van der Waals surface area contributed by atoms with Crippen LogP contribution < -0.4 is 4.74 Å². The number of carbonyl (C=O) groups is 2. The fourth-order valence-corrected chi connectivity index (χ4v) is 1.25. The summed E-state index contributed by atoms with van der Waals surface area (Å²) in [7, 11) is 0. The van der Waals surface area contributed by atoms with Crippen molar-refractivity contribution in [1.29, 1.82) is 5.26 Å². The number of rotatable bonds is 3. The number of halogens is 3. The highest BCUT2D eigenvalue weighted by Gasteiger charge is 2.35. The molecule has 0 aromatic heterocycles. The number of esters is 1. The molecule has 1 rings (SSSR count).